The average Bonchev–Trinajstić information content (AvgIpc) is 3.19. The average molecular weight is 405 g/mol. The SMILES string of the molecule is CCNC(=NCC1(CCOC)CCCC1)NCCc1ccc(OCC(N)=O)cc1. The number of carbonyl (C=O) groups is 1. The van der Waals surface area contributed by atoms with E-state index >= 15 is 0 Å². The van der Waals surface area contributed by atoms with Crippen molar-refractivity contribution in [2.24, 2.45) is 16.1 Å². The van der Waals surface area contributed by atoms with Crippen LogP contribution in [0.4, 0.5) is 0 Å². The molecular formula is C22H36N4O3. The number of nitrogens with two attached hydrogens (primary N) is 1. The number of amides is 1. The zero-order valence-corrected chi connectivity index (χ0v) is 17.8. The molecular weight excluding hydrogens is 368 g/mol. The van der Waals surface area contributed by atoms with E-state index in [9.17, 15) is 4.79 Å². The summed E-state index contributed by atoms with van der Waals surface area (Å²) in [5, 5.41) is 6.78. The molecule has 1 amide bonds. The highest BCUT2D eigenvalue weighted by molar-refractivity contribution is 5.79. The van der Waals surface area contributed by atoms with Crippen LogP contribution in [0.1, 0.15) is 44.6 Å². The molecule has 1 aliphatic rings. The Morgan fingerprint density at radius 2 is 1.93 bits per heavy atom. The van der Waals surface area contributed by atoms with Crippen LogP contribution in [0.3, 0.4) is 0 Å². The van der Waals surface area contributed by atoms with E-state index in [1.165, 1.54) is 31.2 Å². The molecule has 4 N–H and O–H groups in total. The first-order chi connectivity index (χ1) is 14.1. The lowest BCUT2D eigenvalue weighted by atomic mass is 9.83. The molecule has 0 heterocycles. The van der Waals surface area contributed by atoms with Crippen molar-refractivity contribution in [2.75, 3.05) is 40.0 Å². The third-order valence-corrected chi connectivity index (χ3v) is 5.43. The zero-order chi connectivity index (χ0) is 21.0. The number of hydrogen-bond donors (Lipinski definition) is 3. The minimum atomic E-state index is -0.477. The van der Waals surface area contributed by atoms with E-state index in [0.29, 0.717) is 11.2 Å². The second-order valence-electron chi connectivity index (χ2n) is 7.72. The van der Waals surface area contributed by atoms with Gasteiger partial charge in [-0.15, -0.1) is 0 Å². The monoisotopic (exact) mass is 404 g/mol. The Morgan fingerprint density at radius 3 is 2.55 bits per heavy atom. The van der Waals surface area contributed by atoms with Crippen molar-refractivity contribution in [1.29, 1.82) is 0 Å². The van der Waals surface area contributed by atoms with Crippen LogP contribution in [0.2, 0.25) is 0 Å². The molecule has 0 radical (unpaired) electrons. The molecule has 0 bridgehead atoms. The Bertz CT molecular complexity index is 640. The molecule has 1 saturated carbocycles. The minimum absolute atomic E-state index is 0.102. The fourth-order valence-corrected chi connectivity index (χ4v) is 3.75. The van der Waals surface area contributed by atoms with Gasteiger partial charge in [0.1, 0.15) is 5.75 Å². The van der Waals surface area contributed by atoms with Gasteiger partial charge in [0.05, 0.1) is 0 Å². The largest absolute Gasteiger partial charge is 0.484 e. The smallest absolute Gasteiger partial charge is 0.255 e. The quantitative estimate of drug-likeness (QED) is 0.367. The summed E-state index contributed by atoms with van der Waals surface area (Å²) in [6.07, 6.45) is 7.02. The van der Waals surface area contributed by atoms with E-state index < -0.39 is 5.91 Å². The summed E-state index contributed by atoms with van der Waals surface area (Å²) in [5.74, 6) is 1.04. The van der Waals surface area contributed by atoms with Crippen molar-refractivity contribution in [3.8, 4) is 5.75 Å². The number of rotatable bonds is 12. The van der Waals surface area contributed by atoms with Crippen LogP contribution in [0.15, 0.2) is 29.3 Å². The molecule has 0 aliphatic heterocycles. The predicted molar refractivity (Wildman–Crippen MR) is 116 cm³/mol. The molecule has 1 aliphatic carbocycles. The number of nitrogens with one attached hydrogen (secondary N) is 2. The Morgan fingerprint density at radius 1 is 1.21 bits per heavy atom. The second kappa shape index (κ2) is 12.3. The van der Waals surface area contributed by atoms with Gasteiger partial charge in [0.25, 0.3) is 5.91 Å². The van der Waals surface area contributed by atoms with E-state index in [1.54, 1.807) is 7.11 Å². The molecule has 0 atom stereocenters. The summed E-state index contributed by atoms with van der Waals surface area (Å²) in [6.45, 7) is 5.25. The Kier molecular flexibility index (Phi) is 9.77. The first-order valence-corrected chi connectivity index (χ1v) is 10.6. The molecule has 1 aromatic carbocycles. The topological polar surface area (TPSA) is 98.0 Å². The molecule has 0 unspecified atom stereocenters. The maximum Gasteiger partial charge on any atom is 0.255 e. The normalized spacial score (nSPS) is 15.9. The maximum atomic E-state index is 10.8. The van der Waals surface area contributed by atoms with E-state index in [2.05, 4.69) is 17.6 Å². The fourth-order valence-electron chi connectivity index (χ4n) is 3.75. The highest BCUT2D eigenvalue weighted by atomic mass is 16.5. The molecule has 29 heavy (non-hydrogen) atoms. The fraction of sp³-hybridized carbons (Fsp3) is 0.636. The summed E-state index contributed by atoms with van der Waals surface area (Å²) < 4.78 is 10.6. The van der Waals surface area contributed by atoms with Gasteiger partial charge in [-0.25, -0.2) is 0 Å². The van der Waals surface area contributed by atoms with Crippen LogP contribution in [0.25, 0.3) is 0 Å². The van der Waals surface area contributed by atoms with Gasteiger partial charge >= 0.3 is 0 Å². The standard InChI is InChI=1S/C22H36N4O3/c1-3-24-21(26-17-22(13-15-28-2)11-4-5-12-22)25-14-10-18-6-8-19(9-7-18)29-16-20(23)27/h6-9H,3-5,10-17H2,1-2H3,(H2,23,27)(H2,24,25,26). The summed E-state index contributed by atoms with van der Waals surface area (Å²) in [7, 11) is 1.77. The van der Waals surface area contributed by atoms with Crippen LogP contribution < -0.4 is 21.1 Å². The van der Waals surface area contributed by atoms with Crippen molar-refractivity contribution < 1.29 is 14.3 Å². The number of ether oxygens (including phenoxy) is 2. The van der Waals surface area contributed by atoms with Crippen LogP contribution in [-0.4, -0.2) is 51.8 Å². The number of primary amides is 1. The van der Waals surface area contributed by atoms with Gasteiger partial charge in [0.2, 0.25) is 0 Å². The van der Waals surface area contributed by atoms with Crippen LogP contribution >= 0.6 is 0 Å². The van der Waals surface area contributed by atoms with Gasteiger partial charge in [-0.1, -0.05) is 25.0 Å². The highest BCUT2D eigenvalue weighted by Crippen LogP contribution is 2.41. The van der Waals surface area contributed by atoms with E-state index in [4.69, 9.17) is 20.2 Å². The summed E-state index contributed by atoms with van der Waals surface area (Å²) >= 11 is 0. The predicted octanol–water partition coefficient (Wildman–Crippen LogP) is 2.25. The van der Waals surface area contributed by atoms with Crippen molar-refractivity contribution in [2.45, 2.75) is 45.4 Å². The number of methoxy groups -OCH3 is 1. The molecule has 2 rings (SSSR count). The summed E-state index contributed by atoms with van der Waals surface area (Å²) in [6, 6.07) is 7.72. The minimum Gasteiger partial charge on any atom is -0.484 e. The summed E-state index contributed by atoms with van der Waals surface area (Å²) in [5.41, 5.74) is 6.57. The third-order valence-electron chi connectivity index (χ3n) is 5.43. The number of hydrogen-bond acceptors (Lipinski definition) is 4. The maximum absolute atomic E-state index is 10.8. The molecule has 0 saturated heterocycles. The Balaban J connectivity index is 1.83. The summed E-state index contributed by atoms with van der Waals surface area (Å²) in [4.78, 5) is 15.7. The van der Waals surface area contributed by atoms with Gasteiger partial charge in [-0.3, -0.25) is 9.79 Å². The molecule has 1 aromatic rings. The van der Waals surface area contributed by atoms with E-state index in [0.717, 1.165) is 45.0 Å². The van der Waals surface area contributed by atoms with Gasteiger partial charge in [-0.2, -0.15) is 0 Å². The van der Waals surface area contributed by atoms with Crippen LogP contribution in [0.5, 0.6) is 5.75 Å². The lowest BCUT2D eigenvalue weighted by Crippen LogP contribution is -2.39. The molecule has 1 fully saturated rings. The second-order valence-corrected chi connectivity index (χ2v) is 7.72. The third kappa shape index (κ3) is 8.31. The number of carbonyl (C=O) groups excluding carboxylic acids is 1. The van der Waals surface area contributed by atoms with Gasteiger partial charge in [0, 0.05) is 33.4 Å². The van der Waals surface area contributed by atoms with Crippen molar-refractivity contribution in [1.82, 2.24) is 10.6 Å². The van der Waals surface area contributed by atoms with Crippen LogP contribution in [0, 0.1) is 5.41 Å². The molecule has 162 valence electrons. The van der Waals surface area contributed by atoms with Gasteiger partial charge < -0.3 is 25.8 Å². The van der Waals surface area contributed by atoms with Crippen molar-refractivity contribution >= 4 is 11.9 Å². The molecule has 0 spiro atoms. The lowest BCUT2D eigenvalue weighted by molar-refractivity contribution is -0.119. The van der Waals surface area contributed by atoms with Crippen molar-refractivity contribution in [3.05, 3.63) is 29.8 Å². The molecule has 7 nitrogen and oxygen atoms in total. The number of benzene rings is 1. The highest BCUT2D eigenvalue weighted by Gasteiger charge is 2.33. The number of guanidine groups is 1. The van der Waals surface area contributed by atoms with Gasteiger partial charge in [0.15, 0.2) is 12.6 Å². The molecule has 0 aromatic heterocycles. The lowest BCUT2D eigenvalue weighted by Gasteiger charge is -2.27. The first kappa shape index (κ1) is 23.0. The van der Waals surface area contributed by atoms with Crippen molar-refractivity contribution in [3.63, 3.8) is 0 Å². The molecule has 7 heteroatoms. The zero-order valence-electron chi connectivity index (χ0n) is 17.8. The Hall–Kier alpha value is -2.28. The van der Waals surface area contributed by atoms with Crippen LogP contribution in [-0.2, 0) is 16.0 Å². The first-order valence-electron chi connectivity index (χ1n) is 10.6. The van der Waals surface area contributed by atoms with Gasteiger partial charge in [-0.05, 0) is 55.7 Å². The number of aliphatic imine (C=N–C) groups is 1. The number of nitrogens with zero attached hydrogens (tertiary/aromatic N) is 1. The van der Waals surface area contributed by atoms with E-state index in [-0.39, 0.29) is 6.61 Å². The van der Waals surface area contributed by atoms with E-state index in [1.807, 2.05) is 24.3 Å². The Labute approximate surface area is 174 Å².